The summed E-state index contributed by atoms with van der Waals surface area (Å²) in [6.45, 7) is 4.02. The molecule has 2 aliphatic heterocycles. The molecule has 1 N–H and O–H groups in total. The quantitative estimate of drug-likeness (QED) is 0.874. The zero-order chi connectivity index (χ0) is 14.2. The molecule has 2 heterocycles. The molecule has 4 heteroatoms. The third-order valence-electron chi connectivity index (χ3n) is 4.18. The van der Waals surface area contributed by atoms with Crippen molar-refractivity contribution >= 4 is 11.6 Å². The largest absolute Gasteiger partial charge is 0.470 e. The predicted molar refractivity (Wildman–Crippen MR) is 84.7 cm³/mol. The topological polar surface area (TPSA) is 24.5 Å². The molecule has 3 nitrogen and oxygen atoms in total. The van der Waals surface area contributed by atoms with Crippen LogP contribution in [0.5, 0.6) is 5.75 Å². The molecule has 0 aromatic heterocycles. The Labute approximate surface area is 129 Å². The summed E-state index contributed by atoms with van der Waals surface area (Å²) in [4.78, 5) is 2.40. The van der Waals surface area contributed by atoms with Gasteiger partial charge in [-0.15, -0.1) is 0 Å². The second kappa shape index (κ2) is 5.34. The summed E-state index contributed by atoms with van der Waals surface area (Å²) in [6, 6.07) is 14.3. The smallest absolute Gasteiger partial charge is 0.179 e. The molecule has 0 aliphatic carbocycles. The van der Waals surface area contributed by atoms with Gasteiger partial charge in [0.05, 0.1) is 0 Å². The van der Waals surface area contributed by atoms with Gasteiger partial charge in [-0.1, -0.05) is 35.9 Å². The monoisotopic (exact) mass is 300 g/mol. The maximum Gasteiger partial charge on any atom is 0.179 e. The lowest BCUT2D eigenvalue weighted by Crippen LogP contribution is -2.47. The summed E-state index contributed by atoms with van der Waals surface area (Å²) < 4.78 is 6.29. The molecule has 0 bridgehead atoms. The Kier molecular flexibility index (Phi) is 3.34. The minimum absolute atomic E-state index is 0.00280. The first-order valence-electron chi connectivity index (χ1n) is 7.33. The van der Waals surface area contributed by atoms with Crippen LogP contribution in [0.4, 0.5) is 0 Å². The summed E-state index contributed by atoms with van der Waals surface area (Å²) in [6.07, 6.45) is -0.00280. The van der Waals surface area contributed by atoms with Crippen molar-refractivity contribution in [2.45, 2.75) is 6.23 Å². The minimum Gasteiger partial charge on any atom is -0.470 e. The molecule has 0 radical (unpaired) electrons. The summed E-state index contributed by atoms with van der Waals surface area (Å²) in [7, 11) is 0. The zero-order valence-corrected chi connectivity index (χ0v) is 12.4. The van der Waals surface area contributed by atoms with Gasteiger partial charge >= 0.3 is 0 Å². The summed E-state index contributed by atoms with van der Waals surface area (Å²) >= 11 is 6.15. The zero-order valence-electron chi connectivity index (χ0n) is 11.7. The van der Waals surface area contributed by atoms with Crippen molar-refractivity contribution in [1.29, 1.82) is 0 Å². The van der Waals surface area contributed by atoms with E-state index in [9.17, 15) is 0 Å². The van der Waals surface area contributed by atoms with Gasteiger partial charge in [0.1, 0.15) is 5.75 Å². The number of hydrogen-bond donors (Lipinski definition) is 1. The van der Waals surface area contributed by atoms with E-state index in [2.05, 4.69) is 34.5 Å². The summed E-state index contributed by atoms with van der Waals surface area (Å²) in [5.74, 6) is 0.918. The maximum atomic E-state index is 6.29. The number of hydrogen-bond acceptors (Lipinski definition) is 3. The van der Waals surface area contributed by atoms with Crippen molar-refractivity contribution in [2.24, 2.45) is 0 Å². The van der Waals surface area contributed by atoms with Crippen LogP contribution in [0.3, 0.4) is 0 Å². The van der Waals surface area contributed by atoms with E-state index in [1.165, 1.54) is 11.1 Å². The van der Waals surface area contributed by atoms with Gasteiger partial charge in [-0.3, -0.25) is 4.90 Å². The van der Waals surface area contributed by atoms with E-state index < -0.39 is 0 Å². The Hall–Kier alpha value is -1.55. The molecule has 0 spiro atoms. The van der Waals surface area contributed by atoms with Gasteiger partial charge < -0.3 is 10.1 Å². The Morgan fingerprint density at radius 3 is 2.71 bits per heavy atom. The fourth-order valence-electron chi connectivity index (χ4n) is 3.14. The van der Waals surface area contributed by atoms with Crippen LogP contribution in [0, 0.1) is 0 Å². The van der Waals surface area contributed by atoms with Crippen LogP contribution in [-0.4, -0.2) is 31.1 Å². The van der Waals surface area contributed by atoms with Gasteiger partial charge in [-0.05, 0) is 23.8 Å². The van der Waals surface area contributed by atoms with Crippen molar-refractivity contribution in [2.75, 3.05) is 26.2 Å². The van der Waals surface area contributed by atoms with Crippen LogP contribution in [0.2, 0.25) is 5.02 Å². The first-order chi connectivity index (χ1) is 10.3. The molecule has 108 valence electrons. The van der Waals surface area contributed by atoms with Gasteiger partial charge in [-0.2, -0.15) is 0 Å². The highest BCUT2D eigenvalue weighted by Gasteiger charge is 2.31. The number of piperazine rings is 1. The van der Waals surface area contributed by atoms with E-state index >= 15 is 0 Å². The number of nitrogens with zero attached hydrogens (tertiary/aromatic N) is 1. The van der Waals surface area contributed by atoms with E-state index in [-0.39, 0.29) is 6.23 Å². The average Bonchev–Trinajstić information content (AvgIpc) is 2.55. The SMILES string of the molecule is Clc1ccc2c(c1)-c1ccccc1C(N1CCNCC1)O2. The molecular formula is C17H17ClN2O. The number of fused-ring (bicyclic) bond motifs is 3. The molecule has 21 heavy (non-hydrogen) atoms. The van der Waals surface area contributed by atoms with Gasteiger partial charge in [0, 0.05) is 42.3 Å². The van der Waals surface area contributed by atoms with Gasteiger partial charge in [0.2, 0.25) is 0 Å². The molecule has 0 saturated carbocycles. The molecule has 4 rings (SSSR count). The van der Waals surface area contributed by atoms with E-state index in [4.69, 9.17) is 16.3 Å². The maximum absolute atomic E-state index is 6.29. The highest BCUT2D eigenvalue weighted by Crippen LogP contribution is 2.44. The third kappa shape index (κ3) is 2.31. The minimum atomic E-state index is -0.00280. The van der Waals surface area contributed by atoms with Crippen molar-refractivity contribution < 1.29 is 4.74 Å². The van der Waals surface area contributed by atoms with Gasteiger partial charge in [-0.25, -0.2) is 0 Å². The second-order valence-electron chi connectivity index (χ2n) is 5.48. The molecule has 1 atom stereocenters. The molecule has 0 amide bonds. The molecule has 1 saturated heterocycles. The van der Waals surface area contributed by atoms with E-state index in [1.54, 1.807) is 0 Å². The van der Waals surface area contributed by atoms with Crippen LogP contribution in [0.25, 0.3) is 11.1 Å². The Bertz CT molecular complexity index is 668. The average molecular weight is 301 g/mol. The molecule has 2 aliphatic rings. The second-order valence-corrected chi connectivity index (χ2v) is 5.92. The standard InChI is InChI=1S/C17H17ClN2O/c18-12-5-6-16-15(11-12)13-3-1-2-4-14(13)17(21-16)20-9-7-19-8-10-20/h1-6,11,17,19H,7-10H2. The van der Waals surface area contributed by atoms with Crippen LogP contribution in [-0.2, 0) is 0 Å². The molecule has 2 aromatic carbocycles. The normalized spacial score (nSPS) is 21.3. The first-order valence-corrected chi connectivity index (χ1v) is 7.71. The predicted octanol–water partition coefficient (Wildman–Crippen LogP) is 3.30. The van der Waals surface area contributed by atoms with Gasteiger partial charge in [0.25, 0.3) is 0 Å². The summed E-state index contributed by atoms with van der Waals surface area (Å²) in [5, 5.41) is 4.13. The van der Waals surface area contributed by atoms with E-state index in [1.807, 2.05) is 18.2 Å². The number of nitrogens with one attached hydrogen (secondary N) is 1. The van der Waals surface area contributed by atoms with Crippen LogP contribution in [0.1, 0.15) is 11.8 Å². The van der Waals surface area contributed by atoms with E-state index in [0.717, 1.165) is 42.5 Å². The third-order valence-corrected chi connectivity index (χ3v) is 4.42. The number of ether oxygens (including phenoxy) is 1. The fourth-order valence-corrected chi connectivity index (χ4v) is 3.32. The molecule has 1 fully saturated rings. The number of rotatable bonds is 1. The molecular weight excluding hydrogens is 284 g/mol. The highest BCUT2D eigenvalue weighted by molar-refractivity contribution is 6.31. The summed E-state index contributed by atoms with van der Waals surface area (Å²) in [5.41, 5.74) is 3.54. The van der Waals surface area contributed by atoms with E-state index in [0.29, 0.717) is 0 Å². The number of benzene rings is 2. The van der Waals surface area contributed by atoms with Gasteiger partial charge in [0.15, 0.2) is 6.23 Å². The van der Waals surface area contributed by atoms with Crippen molar-refractivity contribution in [3.63, 3.8) is 0 Å². The lowest BCUT2D eigenvalue weighted by atomic mass is 9.95. The number of halogens is 1. The van der Waals surface area contributed by atoms with Crippen molar-refractivity contribution in [1.82, 2.24) is 10.2 Å². The molecule has 2 aromatic rings. The van der Waals surface area contributed by atoms with Crippen molar-refractivity contribution in [3.05, 3.63) is 53.1 Å². The van der Waals surface area contributed by atoms with Crippen LogP contribution < -0.4 is 10.1 Å². The fraction of sp³-hybridized carbons (Fsp3) is 0.294. The van der Waals surface area contributed by atoms with Crippen LogP contribution >= 0.6 is 11.6 Å². The van der Waals surface area contributed by atoms with Crippen LogP contribution in [0.15, 0.2) is 42.5 Å². The Morgan fingerprint density at radius 1 is 1.05 bits per heavy atom. The Morgan fingerprint density at radius 2 is 1.86 bits per heavy atom. The lowest BCUT2D eigenvalue weighted by molar-refractivity contribution is 0.0135. The first kappa shape index (κ1) is 13.1. The highest BCUT2D eigenvalue weighted by atomic mass is 35.5. The molecule has 1 unspecified atom stereocenters. The van der Waals surface area contributed by atoms with Crippen molar-refractivity contribution in [3.8, 4) is 16.9 Å². The Balaban J connectivity index is 1.81. The lowest BCUT2D eigenvalue weighted by Gasteiger charge is -2.38.